The number of aryl methyl sites for hydroxylation is 1. The quantitative estimate of drug-likeness (QED) is 0.530. The zero-order chi connectivity index (χ0) is 20.8. The van der Waals surface area contributed by atoms with Crippen molar-refractivity contribution in [1.82, 2.24) is 0 Å². The monoisotopic (exact) mass is 409 g/mol. The Morgan fingerprint density at radius 1 is 1.00 bits per heavy atom. The molecule has 150 valence electrons. The molecule has 1 heterocycles. The highest BCUT2D eigenvalue weighted by Crippen LogP contribution is 2.36. The van der Waals surface area contributed by atoms with Gasteiger partial charge in [0.15, 0.2) is 0 Å². The number of hydrogen-bond donors (Lipinski definition) is 1. The summed E-state index contributed by atoms with van der Waals surface area (Å²) >= 11 is 1.31. The van der Waals surface area contributed by atoms with Crippen LogP contribution in [0, 0.1) is 0 Å². The van der Waals surface area contributed by atoms with Gasteiger partial charge in [0.1, 0.15) is 16.3 Å². The van der Waals surface area contributed by atoms with E-state index < -0.39 is 5.97 Å². The molecule has 0 aliphatic heterocycles. The number of ether oxygens (including phenoxy) is 2. The fraction of sp³-hybridized carbons (Fsp3) is 0.217. The van der Waals surface area contributed by atoms with Crippen LogP contribution in [0.15, 0.2) is 53.9 Å². The Balaban J connectivity index is 1.93. The number of amides is 1. The van der Waals surface area contributed by atoms with Crippen molar-refractivity contribution >= 4 is 28.2 Å². The number of carbonyl (C=O) groups excluding carboxylic acids is 2. The third-order valence-electron chi connectivity index (χ3n) is 4.52. The van der Waals surface area contributed by atoms with Gasteiger partial charge in [0.2, 0.25) is 0 Å². The average Bonchev–Trinajstić information content (AvgIpc) is 3.17. The van der Waals surface area contributed by atoms with Crippen molar-refractivity contribution in [2.45, 2.75) is 20.3 Å². The molecule has 0 saturated heterocycles. The third kappa shape index (κ3) is 4.66. The summed E-state index contributed by atoms with van der Waals surface area (Å²) < 4.78 is 10.4. The van der Waals surface area contributed by atoms with Crippen molar-refractivity contribution < 1.29 is 19.1 Å². The van der Waals surface area contributed by atoms with E-state index in [1.807, 2.05) is 29.6 Å². The second-order valence-corrected chi connectivity index (χ2v) is 7.19. The van der Waals surface area contributed by atoms with Crippen molar-refractivity contribution in [2.24, 2.45) is 0 Å². The first-order valence-electron chi connectivity index (χ1n) is 9.40. The van der Waals surface area contributed by atoms with Gasteiger partial charge < -0.3 is 14.8 Å². The Bertz CT molecular complexity index is 991. The number of anilines is 1. The molecule has 0 unspecified atom stereocenters. The molecular formula is C23H23NO4S. The minimum atomic E-state index is -0.451. The largest absolute Gasteiger partial charge is 0.497 e. The van der Waals surface area contributed by atoms with E-state index in [9.17, 15) is 9.59 Å². The maximum Gasteiger partial charge on any atom is 0.341 e. The van der Waals surface area contributed by atoms with E-state index in [0.29, 0.717) is 21.9 Å². The van der Waals surface area contributed by atoms with E-state index in [0.717, 1.165) is 17.5 Å². The van der Waals surface area contributed by atoms with E-state index in [1.165, 1.54) is 16.9 Å². The maximum atomic E-state index is 12.7. The fourth-order valence-corrected chi connectivity index (χ4v) is 3.86. The highest BCUT2D eigenvalue weighted by Gasteiger charge is 2.23. The zero-order valence-electron chi connectivity index (χ0n) is 16.7. The van der Waals surface area contributed by atoms with Crippen LogP contribution in [-0.2, 0) is 11.2 Å². The highest BCUT2D eigenvalue weighted by molar-refractivity contribution is 7.15. The second kappa shape index (κ2) is 9.39. The molecule has 0 radical (unpaired) electrons. The summed E-state index contributed by atoms with van der Waals surface area (Å²) in [6.07, 6.45) is 0.942. The van der Waals surface area contributed by atoms with Gasteiger partial charge in [-0.25, -0.2) is 4.79 Å². The van der Waals surface area contributed by atoms with E-state index in [1.54, 1.807) is 38.3 Å². The zero-order valence-corrected chi connectivity index (χ0v) is 17.5. The smallest absolute Gasteiger partial charge is 0.341 e. The van der Waals surface area contributed by atoms with Crippen LogP contribution in [0.1, 0.15) is 40.1 Å². The Morgan fingerprint density at radius 3 is 2.28 bits per heavy atom. The van der Waals surface area contributed by atoms with Crippen LogP contribution in [0.2, 0.25) is 0 Å². The minimum absolute atomic E-state index is 0.259. The topological polar surface area (TPSA) is 64.6 Å². The minimum Gasteiger partial charge on any atom is -0.497 e. The van der Waals surface area contributed by atoms with Crippen LogP contribution >= 0.6 is 11.3 Å². The maximum absolute atomic E-state index is 12.7. The van der Waals surface area contributed by atoms with Gasteiger partial charge >= 0.3 is 5.97 Å². The summed E-state index contributed by atoms with van der Waals surface area (Å²) in [4.78, 5) is 25.3. The summed E-state index contributed by atoms with van der Waals surface area (Å²) in [6.45, 7) is 4.11. The van der Waals surface area contributed by atoms with Crippen molar-refractivity contribution in [2.75, 3.05) is 19.0 Å². The first-order chi connectivity index (χ1) is 14.1. The number of nitrogens with one attached hydrogen (secondary N) is 1. The number of rotatable bonds is 7. The first-order valence-corrected chi connectivity index (χ1v) is 10.3. The van der Waals surface area contributed by atoms with Gasteiger partial charge in [-0.15, -0.1) is 11.3 Å². The van der Waals surface area contributed by atoms with Gasteiger partial charge in [0.05, 0.1) is 13.7 Å². The number of benzene rings is 2. The molecule has 3 rings (SSSR count). The molecule has 0 aliphatic carbocycles. The molecule has 1 aromatic heterocycles. The molecule has 0 fully saturated rings. The predicted octanol–water partition coefficient (Wildman–Crippen LogP) is 5.42. The average molecular weight is 410 g/mol. The highest BCUT2D eigenvalue weighted by atomic mass is 32.1. The second-order valence-electron chi connectivity index (χ2n) is 6.31. The van der Waals surface area contributed by atoms with Crippen molar-refractivity contribution in [1.29, 1.82) is 0 Å². The van der Waals surface area contributed by atoms with Crippen LogP contribution in [0.3, 0.4) is 0 Å². The Labute approximate surface area is 174 Å². The van der Waals surface area contributed by atoms with Gasteiger partial charge in [-0.2, -0.15) is 0 Å². The molecule has 1 amide bonds. The Morgan fingerprint density at radius 2 is 1.69 bits per heavy atom. The molecule has 6 heteroatoms. The molecule has 29 heavy (non-hydrogen) atoms. The molecule has 1 N–H and O–H groups in total. The van der Waals surface area contributed by atoms with Crippen LogP contribution in [0.4, 0.5) is 5.00 Å². The van der Waals surface area contributed by atoms with Gasteiger partial charge in [0, 0.05) is 16.5 Å². The van der Waals surface area contributed by atoms with Crippen molar-refractivity contribution in [3.05, 3.63) is 70.6 Å². The predicted molar refractivity (Wildman–Crippen MR) is 116 cm³/mol. The number of carbonyl (C=O) groups is 2. The summed E-state index contributed by atoms with van der Waals surface area (Å²) in [5.74, 6) is -0.0796. The lowest BCUT2D eigenvalue weighted by Crippen LogP contribution is -2.14. The van der Waals surface area contributed by atoms with Gasteiger partial charge in [0.25, 0.3) is 5.91 Å². The van der Waals surface area contributed by atoms with Crippen molar-refractivity contribution in [3.8, 4) is 16.9 Å². The van der Waals surface area contributed by atoms with Gasteiger partial charge in [-0.1, -0.05) is 31.2 Å². The van der Waals surface area contributed by atoms with E-state index in [4.69, 9.17) is 9.47 Å². The number of methoxy groups -OCH3 is 1. The SMILES string of the molecule is CCOC(=O)c1c(-c2ccc(CC)cc2)csc1NC(=O)c1ccc(OC)cc1. The molecule has 0 aliphatic rings. The van der Waals surface area contributed by atoms with Gasteiger partial charge in [-0.05, 0) is 48.7 Å². The Kier molecular flexibility index (Phi) is 6.67. The summed E-state index contributed by atoms with van der Waals surface area (Å²) in [6, 6.07) is 14.8. The molecule has 0 spiro atoms. The molecule has 0 atom stereocenters. The van der Waals surface area contributed by atoms with E-state index in [-0.39, 0.29) is 12.5 Å². The standard InChI is InChI=1S/C23H23NO4S/c1-4-15-6-8-16(9-7-15)19-14-29-22(20(19)23(26)28-5-2)24-21(25)17-10-12-18(27-3)13-11-17/h6-14H,4-5H2,1-3H3,(H,24,25). The van der Waals surface area contributed by atoms with E-state index >= 15 is 0 Å². The summed E-state index contributed by atoms with van der Waals surface area (Å²) in [5, 5.41) is 5.20. The first kappa shape index (κ1) is 20.6. The molecule has 2 aromatic carbocycles. The third-order valence-corrected chi connectivity index (χ3v) is 5.42. The normalized spacial score (nSPS) is 10.4. The summed E-state index contributed by atoms with van der Waals surface area (Å²) in [5.41, 5.74) is 3.73. The number of thiophene rings is 1. The van der Waals surface area contributed by atoms with Gasteiger partial charge in [-0.3, -0.25) is 4.79 Å². The number of esters is 1. The van der Waals surface area contributed by atoms with Crippen LogP contribution in [0.25, 0.3) is 11.1 Å². The fourth-order valence-electron chi connectivity index (χ4n) is 2.91. The molecule has 0 bridgehead atoms. The van der Waals surface area contributed by atoms with Crippen LogP contribution < -0.4 is 10.1 Å². The molecule has 0 saturated carbocycles. The molecular weight excluding hydrogens is 386 g/mol. The lowest BCUT2D eigenvalue weighted by molar-refractivity contribution is 0.0529. The Hall–Kier alpha value is -3.12. The lowest BCUT2D eigenvalue weighted by Gasteiger charge is -2.09. The van der Waals surface area contributed by atoms with Crippen molar-refractivity contribution in [3.63, 3.8) is 0 Å². The van der Waals surface area contributed by atoms with E-state index in [2.05, 4.69) is 12.2 Å². The molecule has 3 aromatic rings. The lowest BCUT2D eigenvalue weighted by atomic mass is 10.0. The van der Waals surface area contributed by atoms with Crippen LogP contribution in [0.5, 0.6) is 5.75 Å². The molecule has 5 nitrogen and oxygen atoms in total. The summed E-state index contributed by atoms with van der Waals surface area (Å²) in [7, 11) is 1.57. The van der Waals surface area contributed by atoms with Crippen LogP contribution in [-0.4, -0.2) is 25.6 Å². The number of hydrogen-bond acceptors (Lipinski definition) is 5.